The van der Waals surface area contributed by atoms with E-state index >= 15 is 0 Å². The number of halogens is 3. The summed E-state index contributed by atoms with van der Waals surface area (Å²) < 4.78 is 38.3. The van der Waals surface area contributed by atoms with Gasteiger partial charge in [-0.15, -0.1) is 0 Å². The zero-order chi connectivity index (χ0) is 20.1. The summed E-state index contributed by atoms with van der Waals surface area (Å²) in [6.45, 7) is 1.56. The highest BCUT2D eigenvalue weighted by molar-refractivity contribution is 7.80. The molecule has 1 heterocycles. The second kappa shape index (κ2) is 8.60. The highest BCUT2D eigenvalue weighted by atomic mass is 32.1. The lowest BCUT2D eigenvalue weighted by molar-refractivity contribution is -0.137. The van der Waals surface area contributed by atoms with Crippen molar-refractivity contribution >= 4 is 34.6 Å². The fourth-order valence-electron chi connectivity index (χ4n) is 3.04. The molecule has 1 aliphatic rings. The van der Waals surface area contributed by atoms with Crippen LogP contribution >= 0.6 is 12.2 Å². The highest BCUT2D eigenvalue weighted by Gasteiger charge is 2.30. The van der Waals surface area contributed by atoms with Gasteiger partial charge in [0.15, 0.2) is 5.11 Å². The monoisotopic (exact) mass is 407 g/mol. The van der Waals surface area contributed by atoms with Crippen LogP contribution in [0.4, 0.5) is 24.5 Å². The molecule has 0 atom stereocenters. The number of hydrogen-bond acceptors (Lipinski definition) is 2. The van der Waals surface area contributed by atoms with E-state index in [4.69, 9.17) is 12.2 Å². The Balaban J connectivity index is 1.59. The Labute approximate surface area is 166 Å². The van der Waals surface area contributed by atoms with Gasteiger partial charge in [0.1, 0.15) is 0 Å². The lowest BCUT2D eigenvalue weighted by Gasteiger charge is -2.26. The van der Waals surface area contributed by atoms with Gasteiger partial charge in [0.25, 0.3) is 5.91 Å². The maximum absolute atomic E-state index is 12.8. The molecule has 1 aliphatic heterocycles. The number of benzene rings is 2. The molecular formula is C20H20F3N3OS. The summed E-state index contributed by atoms with van der Waals surface area (Å²) in [6, 6.07) is 11.7. The number of thiocarbonyl (C=S) groups is 1. The smallest absolute Gasteiger partial charge is 0.339 e. The quantitative estimate of drug-likeness (QED) is 0.692. The minimum atomic E-state index is -4.41. The molecule has 2 N–H and O–H groups in total. The van der Waals surface area contributed by atoms with Crippen molar-refractivity contribution in [2.45, 2.75) is 25.4 Å². The summed E-state index contributed by atoms with van der Waals surface area (Å²) in [4.78, 5) is 14.3. The fourth-order valence-corrected chi connectivity index (χ4v) is 3.28. The Hall–Kier alpha value is -2.61. The average Bonchev–Trinajstić information content (AvgIpc) is 2.68. The first-order valence-electron chi connectivity index (χ1n) is 8.97. The molecule has 0 bridgehead atoms. The number of carbonyl (C=O) groups excluding carboxylic acids is 1. The molecule has 2 aromatic carbocycles. The van der Waals surface area contributed by atoms with Crippen LogP contribution in [0.5, 0.6) is 0 Å². The Morgan fingerprint density at radius 2 is 1.57 bits per heavy atom. The first kappa shape index (κ1) is 20.1. The Bertz CT molecular complexity index is 847. The normalized spacial score (nSPS) is 14.5. The van der Waals surface area contributed by atoms with Crippen molar-refractivity contribution in [2.24, 2.45) is 0 Å². The van der Waals surface area contributed by atoms with Crippen molar-refractivity contribution in [2.75, 3.05) is 23.7 Å². The van der Waals surface area contributed by atoms with E-state index in [1.165, 1.54) is 12.1 Å². The molecule has 0 unspecified atom stereocenters. The van der Waals surface area contributed by atoms with E-state index in [9.17, 15) is 18.0 Å². The minimum Gasteiger partial charge on any atom is -0.339 e. The fraction of sp³-hybridized carbons (Fsp3) is 0.300. The zero-order valence-corrected chi connectivity index (χ0v) is 15.9. The van der Waals surface area contributed by atoms with E-state index in [0.717, 1.165) is 44.5 Å². The number of rotatable bonds is 3. The number of alkyl halides is 3. The molecule has 0 aromatic heterocycles. The standard InChI is InChI=1S/C20H20F3N3OS/c21-20(22,23)15-5-4-6-17(13-15)25-19(28)24-16-9-7-14(8-10-16)18(27)26-11-2-1-3-12-26/h4-10,13H,1-3,11-12H2,(H2,24,25,28). The first-order chi connectivity index (χ1) is 13.3. The maximum atomic E-state index is 12.8. The number of nitrogens with one attached hydrogen (secondary N) is 2. The number of nitrogens with zero attached hydrogens (tertiary/aromatic N) is 1. The molecule has 148 valence electrons. The zero-order valence-electron chi connectivity index (χ0n) is 15.1. The van der Waals surface area contributed by atoms with Gasteiger partial charge >= 0.3 is 6.18 Å². The number of amides is 1. The van der Waals surface area contributed by atoms with Crippen molar-refractivity contribution in [3.8, 4) is 0 Å². The minimum absolute atomic E-state index is 0.0101. The van der Waals surface area contributed by atoms with Crippen LogP contribution in [0.1, 0.15) is 35.2 Å². The molecule has 1 fully saturated rings. The van der Waals surface area contributed by atoms with Crippen LogP contribution in [-0.4, -0.2) is 29.0 Å². The van der Waals surface area contributed by atoms with Crippen LogP contribution in [0.15, 0.2) is 48.5 Å². The molecule has 1 saturated heterocycles. The highest BCUT2D eigenvalue weighted by Crippen LogP contribution is 2.30. The van der Waals surface area contributed by atoms with Crippen LogP contribution < -0.4 is 10.6 Å². The third-order valence-electron chi connectivity index (χ3n) is 4.48. The summed E-state index contributed by atoms with van der Waals surface area (Å²) in [6.07, 6.45) is -1.20. The Morgan fingerprint density at radius 1 is 0.929 bits per heavy atom. The largest absolute Gasteiger partial charge is 0.416 e. The lowest BCUT2D eigenvalue weighted by atomic mass is 10.1. The molecule has 28 heavy (non-hydrogen) atoms. The predicted molar refractivity (Wildman–Crippen MR) is 107 cm³/mol. The number of carbonyl (C=O) groups is 1. The van der Waals surface area contributed by atoms with Crippen molar-refractivity contribution < 1.29 is 18.0 Å². The maximum Gasteiger partial charge on any atom is 0.416 e. The van der Waals surface area contributed by atoms with Gasteiger partial charge in [0.05, 0.1) is 5.56 Å². The van der Waals surface area contributed by atoms with Crippen LogP contribution in [0.3, 0.4) is 0 Å². The molecule has 3 rings (SSSR count). The van der Waals surface area contributed by atoms with Crippen molar-refractivity contribution in [3.63, 3.8) is 0 Å². The van der Waals surface area contributed by atoms with Gasteiger partial charge in [0.2, 0.25) is 0 Å². The Morgan fingerprint density at radius 3 is 2.21 bits per heavy atom. The van der Waals surface area contributed by atoms with Crippen LogP contribution in [-0.2, 0) is 6.18 Å². The van der Waals surface area contributed by atoms with Gasteiger partial charge in [-0.2, -0.15) is 13.2 Å². The van der Waals surface area contributed by atoms with E-state index in [-0.39, 0.29) is 16.7 Å². The number of hydrogen-bond donors (Lipinski definition) is 2. The average molecular weight is 407 g/mol. The van der Waals surface area contributed by atoms with Gasteiger partial charge in [-0.25, -0.2) is 0 Å². The summed E-state index contributed by atoms with van der Waals surface area (Å²) in [5.74, 6) is 0.0101. The van der Waals surface area contributed by atoms with Crippen molar-refractivity contribution in [1.29, 1.82) is 0 Å². The van der Waals surface area contributed by atoms with Crippen molar-refractivity contribution in [1.82, 2.24) is 4.90 Å². The third kappa shape index (κ3) is 5.22. The molecule has 0 radical (unpaired) electrons. The van der Waals surface area contributed by atoms with Crippen molar-refractivity contribution in [3.05, 3.63) is 59.7 Å². The molecule has 4 nitrogen and oxygen atoms in total. The second-order valence-corrected chi connectivity index (χ2v) is 7.00. The topological polar surface area (TPSA) is 44.4 Å². The predicted octanol–water partition coefficient (Wildman–Crippen LogP) is 5.14. The van der Waals surface area contributed by atoms with Crippen LogP contribution in [0.25, 0.3) is 0 Å². The number of anilines is 2. The van der Waals surface area contributed by atoms with Crippen LogP contribution in [0, 0.1) is 0 Å². The number of piperidine rings is 1. The van der Waals surface area contributed by atoms with Gasteiger partial charge in [-0.3, -0.25) is 4.79 Å². The van der Waals surface area contributed by atoms with E-state index < -0.39 is 11.7 Å². The Kier molecular flexibility index (Phi) is 6.18. The summed E-state index contributed by atoms with van der Waals surface area (Å²) in [7, 11) is 0. The van der Waals surface area contributed by atoms with E-state index in [0.29, 0.717) is 11.3 Å². The van der Waals surface area contributed by atoms with Gasteiger partial charge in [-0.05, 0) is 73.9 Å². The molecule has 0 spiro atoms. The SMILES string of the molecule is O=C(c1ccc(NC(=S)Nc2cccc(C(F)(F)F)c2)cc1)N1CCCCC1. The summed E-state index contributed by atoms with van der Waals surface area (Å²) in [5, 5.41) is 5.81. The van der Waals surface area contributed by atoms with Gasteiger partial charge < -0.3 is 15.5 Å². The first-order valence-corrected chi connectivity index (χ1v) is 9.38. The number of likely N-dealkylation sites (tertiary alicyclic amines) is 1. The molecule has 8 heteroatoms. The van der Waals surface area contributed by atoms with E-state index in [2.05, 4.69) is 10.6 Å². The molecule has 2 aromatic rings. The molecule has 0 saturated carbocycles. The molecule has 0 aliphatic carbocycles. The van der Waals surface area contributed by atoms with Crippen LogP contribution in [0.2, 0.25) is 0 Å². The summed E-state index contributed by atoms with van der Waals surface area (Å²) >= 11 is 5.16. The van der Waals surface area contributed by atoms with E-state index in [1.807, 2.05) is 4.90 Å². The van der Waals surface area contributed by atoms with Gasteiger partial charge in [-0.1, -0.05) is 6.07 Å². The van der Waals surface area contributed by atoms with Gasteiger partial charge in [0, 0.05) is 30.0 Å². The van der Waals surface area contributed by atoms with E-state index in [1.54, 1.807) is 24.3 Å². The summed E-state index contributed by atoms with van der Waals surface area (Å²) in [5.41, 5.74) is 0.731. The molecular weight excluding hydrogens is 387 g/mol. The molecule has 1 amide bonds. The second-order valence-electron chi connectivity index (χ2n) is 6.59. The lowest BCUT2D eigenvalue weighted by Crippen LogP contribution is -2.35. The third-order valence-corrected chi connectivity index (χ3v) is 4.68.